The topological polar surface area (TPSA) is 127 Å². The lowest BCUT2D eigenvalue weighted by atomic mass is 9.85. The van der Waals surface area contributed by atoms with Gasteiger partial charge in [-0.3, -0.25) is 15.5 Å². The third-order valence-corrected chi connectivity index (χ3v) is 3.83. The summed E-state index contributed by atoms with van der Waals surface area (Å²) >= 11 is 1.27. The highest BCUT2D eigenvalue weighted by atomic mass is 32.1. The molecule has 0 aliphatic carbocycles. The van der Waals surface area contributed by atoms with Crippen LogP contribution in [0.25, 0.3) is 0 Å². The number of phenols is 1. The Morgan fingerprint density at radius 3 is 2.70 bits per heavy atom. The van der Waals surface area contributed by atoms with Crippen molar-refractivity contribution in [3.05, 3.63) is 38.8 Å². The minimum absolute atomic E-state index is 0.251. The number of aromatic nitrogens is 1. The average molecular weight is 335 g/mol. The molecule has 0 bridgehead atoms. The largest absolute Gasteiger partial charge is 0.502 e. The molecule has 9 heteroatoms. The van der Waals surface area contributed by atoms with E-state index < -0.39 is 10.7 Å². The first-order valence-corrected chi connectivity index (χ1v) is 7.58. The van der Waals surface area contributed by atoms with Crippen molar-refractivity contribution in [3.63, 3.8) is 0 Å². The molecule has 0 unspecified atom stereocenters. The maximum atomic E-state index is 11.1. The number of hydrazone groups is 1. The average Bonchev–Trinajstić information content (AvgIpc) is 2.84. The summed E-state index contributed by atoms with van der Waals surface area (Å²) < 4.78 is 0. The second-order valence-corrected chi connectivity index (χ2v) is 6.75. The van der Waals surface area contributed by atoms with Gasteiger partial charge in [-0.2, -0.15) is 5.10 Å². The molecule has 0 aliphatic rings. The number of rotatable bonds is 4. The lowest BCUT2D eigenvalue weighted by Gasteiger charge is -2.19. The van der Waals surface area contributed by atoms with Crippen molar-refractivity contribution in [1.82, 2.24) is 4.98 Å². The molecule has 0 spiro atoms. The Morgan fingerprint density at radius 2 is 2.17 bits per heavy atom. The molecule has 0 saturated carbocycles. The van der Waals surface area contributed by atoms with Crippen molar-refractivity contribution in [2.45, 2.75) is 26.2 Å². The van der Waals surface area contributed by atoms with Gasteiger partial charge in [0.1, 0.15) is 5.82 Å². The Labute approximate surface area is 136 Å². The number of nitrogens with zero attached hydrogens (tertiary/aromatic N) is 3. The van der Waals surface area contributed by atoms with Gasteiger partial charge in [0.2, 0.25) is 10.9 Å². The molecule has 8 nitrogen and oxygen atoms in total. The number of nitrogen functional groups attached to an aromatic ring is 1. The molecule has 0 saturated heterocycles. The smallest absolute Gasteiger partial charge is 0.311 e. The highest BCUT2D eigenvalue weighted by Crippen LogP contribution is 2.35. The van der Waals surface area contributed by atoms with Crippen LogP contribution in [0.1, 0.15) is 31.9 Å². The zero-order valence-electron chi connectivity index (χ0n) is 12.9. The molecule has 0 amide bonds. The van der Waals surface area contributed by atoms with Crippen molar-refractivity contribution in [1.29, 1.82) is 0 Å². The van der Waals surface area contributed by atoms with Gasteiger partial charge in [0.15, 0.2) is 0 Å². The standard InChI is InChI=1S/C14H17N5O3S/c1-14(2,3)9-4-8(12(20)10(5-9)19(21)22)6-16-18-13-17-11(15)7-23-13/h4-7,20H,15H2,1-3H3,(H,17,18). The fourth-order valence-corrected chi connectivity index (χ4v) is 2.35. The third kappa shape index (κ3) is 3.95. The summed E-state index contributed by atoms with van der Waals surface area (Å²) in [6.45, 7) is 5.79. The van der Waals surface area contributed by atoms with Crippen LogP contribution in [0.2, 0.25) is 0 Å². The molecule has 4 N–H and O–H groups in total. The van der Waals surface area contributed by atoms with E-state index in [1.54, 1.807) is 11.4 Å². The summed E-state index contributed by atoms with van der Waals surface area (Å²) in [4.78, 5) is 14.5. The molecule has 23 heavy (non-hydrogen) atoms. The molecule has 0 radical (unpaired) electrons. The molecule has 122 valence electrons. The maximum Gasteiger partial charge on any atom is 0.311 e. The van der Waals surface area contributed by atoms with Crippen LogP contribution in [-0.2, 0) is 5.41 Å². The number of benzene rings is 1. The second-order valence-electron chi connectivity index (χ2n) is 5.89. The fraction of sp³-hybridized carbons (Fsp3) is 0.286. The van der Waals surface area contributed by atoms with E-state index in [9.17, 15) is 15.2 Å². The number of hydrogen-bond acceptors (Lipinski definition) is 8. The van der Waals surface area contributed by atoms with Gasteiger partial charge in [-0.05, 0) is 17.0 Å². The van der Waals surface area contributed by atoms with Crippen molar-refractivity contribution in [2.24, 2.45) is 5.10 Å². The summed E-state index contributed by atoms with van der Waals surface area (Å²) in [7, 11) is 0. The lowest BCUT2D eigenvalue weighted by Crippen LogP contribution is -2.12. The minimum Gasteiger partial charge on any atom is -0.502 e. The van der Waals surface area contributed by atoms with E-state index in [-0.39, 0.29) is 16.7 Å². The molecular weight excluding hydrogens is 318 g/mol. The van der Waals surface area contributed by atoms with Crippen molar-refractivity contribution >= 4 is 34.2 Å². The van der Waals surface area contributed by atoms with Crippen molar-refractivity contribution < 1.29 is 10.0 Å². The number of nitro groups is 1. The zero-order chi connectivity index (χ0) is 17.2. The molecule has 2 aromatic rings. The molecule has 1 heterocycles. The molecule has 2 rings (SSSR count). The van der Waals surface area contributed by atoms with E-state index in [0.717, 1.165) is 5.56 Å². The number of hydrogen-bond donors (Lipinski definition) is 3. The first-order valence-electron chi connectivity index (χ1n) is 6.70. The summed E-state index contributed by atoms with van der Waals surface area (Å²) in [5.74, 6) is -0.0480. The van der Waals surface area contributed by atoms with Crippen LogP contribution in [0, 0.1) is 10.1 Å². The normalized spacial score (nSPS) is 11.8. The monoisotopic (exact) mass is 335 g/mol. The van der Waals surface area contributed by atoms with Crippen molar-refractivity contribution in [3.8, 4) is 5.75 Å². The quantitative estimate of drug-likeness (QED) is 0.447. The molecule has 0 aliphatic heterocycles. The van der Waals surface area contributed by atoms with E-state index in [2.05, 4.69) is 15.5 Å². The number of nitrogens with two attached hydrogens (primary N) is 1. The van der Waals surface area contributed by atoms with Gasteiger partial charge in [0, 0.05) is 17.0 Å². The Hall–Kier alpha value is -2.68. The van der Waals surface area contributed by atoms with Gasteiger partial charge in [0.05, 0.1) is 11.1 Å². The Balaban J connectivity index is 2.36. The summed E-state index contributed by atoms with van der Waals surface area (Å²) in [5.41, 5.74) is 8.48. The van der Waals surface area contributed by atoms with Gasteiger partial charge in [0.25, 0.3) is 0 Å². The highest BCUT2D eigenvalue weighted by Gasteiger charge is 2.23. The Kier molecular flexibility index (Phi) is 4.50. The van der Waals surface area contributed by atoms with Crippen LogP contribution in [0.3, 0.4) is 0 Å². The maximum absolute atomic E-state index is 11.1. The first kappa shape index (κ1) is 16.7. The van der Waals surface area contributed by atoms with Crippen molar-refractivity contribution in [2.75, 3.05) is 11.2 Å². The Bertz CT molecular complexity index is 764. The van der Waals surface area contributed by atoms with Crippen LogP contribution in [0.5, 0.6) is 5.75 Å². The van der Waals surface area contributed by atoms with Gasteiger partial charge >= 0.3 is 5.69 Å². The van der Waals surface area contributed by atoms with E-state index in [4.69, 9.17) is 5.73 Å². The summed E-state index contributed by atoms with van der Waals surface area (Å²) in [5, 5.41) is 27.3. The number of nitrogens with one attached hydrogen (secondary N) is 1. The Morgan fingerprint density at radius 1 is 1.48 bits per heavy atom. The number of thiazole rings is 1. The molecule has 0 atom stereocenters. The highest BCUT2D eigenvalue weighted by molar-refractivity contribution is 7.14. The third-order valence-electron chi connectivity index (χ3n) is 3.07. The van der Waals surface area contributed by atoms with Crippen LogP contribution >= 0.6 is 11.3 Å². The van der Waals surface area contributed by atoms with E-state index in [0.29, 0.717) is 10.9 Å². The van der Waals surface area contributed by atoms with Crippen LogP contribution in [0.15, 0.2) is 22.6 Å². The van der Waals surface area contributed by atoms with Crippen LogP contribution in [0.4, 0.5) is 16.6 Å². The first-order chi connectivity index (χ1) is 10.7. The van der Waals surface area contributed by atoms with Crippen LogP contribution in [-0.4, -0.2) is 21.2 Å². The number of aromatic hydroxyl groups is 1. The number of anilines is 2. The molecule has 1 aromatic carbocycles. The predicted octanol–water partition coefficient (Wildman–Crippen LogP) is 3.08. The zero-order valence-corrected chi connectivity index (χ0v) is 13.7. The molecule has 1 aromatic heterocycles. The number of phenolic OH excluding ortho intramolecular Hbond substituents is 1. The van der Waals surface area contributed by atoms with Gasteiger partial charge in [-0.25, -0.2) is 4.98 Å². The lowest BCUT2D eigenvalue weighted by molar-refractivity contribution is -0.386. The van der Waals surface area contributed by atoms with Gasteiger partial charge < -0.3 is 10.8 Å². The fourth-order valence-electron chi connectivity index (χ4n) is 1.81. The van der Waals surface area contributed by atoms with E-state index in [1.165, 1.54) is 23.6 Å². The number of nitro benzene ring substituents is 1. The van der Waals surface area contributed by atoms with Crippen LogP contribution < -0.4 is 11.2 Å². The summed E-state index contributed by atoms with van der Waals surface area (Å²) in [6, 6.07) is 3.05. The SMILES string of the molecule is CC(C)(C)c1cc(C=NNc2nc(N)cs2)c(O)c([N+](=O)[O-])c1. The van der Waals surface area contributed by atoms with Gasteiger partial charge in [-0.1, -0.05) is 20.8 Å². The second kappa shape index (κ2) is 6.21. The minimum atomic E-state index is -0.614. The predicted molar refractivity (Wildman–Crippen MR) is 91.2 cm³/mol. The molecule has 0 fully saturated rings. The van der Waals surface area contributed by atoms with E-state index in [1.807, 2.05) is 20.8 Å². The molecular formula is C14H17N5O3S. The van der Waals surface area contributed by atoms with Gasteiger partial charge in [-0.15, -0.1) is 11.3 Å². The van der Waals surface area contributed by atoms with E-state index >= 15 is 0 Å². The summed E-state index contributed by atoms with van der Waals surface area (Å²) in [6.07, 6.45) is 1.31.